The first-order chi connectivity index (χ1) is 13.2. The van der Waals surface area contributed by atoms with E-state index in [1.54, 1.807) is 6.07 Å². The molecule has 0 spiro atoms. The quantitative estimate of drug-likeness (QED) is 0.732. The fourth-order valence-corrected chi connectivity index (χ4v) is 5.09. The standard InChI is InChI=1S/C22H24F2N2O2/c1-5-18(12(2)27)28-22-10-9-14(21(22,3)4)13-11-17(25-26-20(13)22)19-15(23)7-6-8-16(19)24/h6-8,11,14,18H,5,9-10H2,1-4H3/t14-,18+,22-/m0/s1. The summed E-state index contributed by atoms with van der Waals surface area (Å²) in [6.45, 7) is 7.69. The van der Waals surface area contributed by atoms with Gasteiger partial charge in [-0.05, 0) is 55.9 Å². The van der Waals surface area contributed by atoms with Gasteiger partial charge in [0, 0.05) is 5.41 Å². The van der Waals surface area contributed by atoms with E-state index in [2.05, 4.69) is 24.0 Å². The van der Waals surface area contributed by atoms with Crippen LogP contribution in [0.25, 0.3) is 11.3 Å². The van der Waals surface area contributed by atoms with Crippen LogP contribution < -0.4 is 0 Å². The molecule has 2 bridgehead atoms. The largest absolute Gasteiger partial charge is 0.357 e. The Morgan fingerprint density at radius 2 is 1.96 bits per heavy atom. The van der Waals surface area contributed by atoms with Crippen LogP contribution in [0, 0.1) is 17.0 Å². The fraction of sp³-hybridized carbons (Fsp3) is 0.500. The smallest absolute Gasteiger partial charge is 0.158 e. The fourth-order valence-electron chi connectivity index (χ4n) is 5.09. The summed E-state index contributed by atoms with van der Waals surface area (Å²) in [5.41, 5.74) is 0.643. The maximum Gasteiger partial charge on any atom is 0.158 e. The van der Waals surface area contributed by atoms with Gasteiger partial charge < -0.3 is 4.74 Å². The van der Waals surface area contributed by atoms with Gasteiger partial charge in [-0.2, -0.15) is 5.10 Å². The molecule has 4 rings (SSSR count). The molecule has 0 amide bonds. The van der Waals surface area contributed by atoms with Crippen molar-refractivity contribution in [3.8, 4) is 11.3 Å². The Bertz CT molecular complexity index is 939. The zero-order chi connectivity index (χ0) is 20.3. The van der Waals surface area contributed by atoms with Crippen molar-refractivity contribution in [2.24, 2.45) is 5.41 Å². The van der Waals surface area contributed by atoms with Crippen molar-refractivity contribution >= 4 is 5.78 Å². The number of hydrogen-bond donors (Lipinski definition) is 0. The molecule has 28 heavy (non-hydrogen) atoms. The van der Waals surface area contributed by atoms with Gasteiger partial charge in [0.05, 0.1) is 17.0 Å². The zero-order valence-corrected chi connectivity index (χ0v) is 16.6. The van der Waals surface area contributed by atoms with Crippen molar-refractivity contribution < 1.29 is 18.3 Å². The average Bonchev–Trinajstić information content (AvgIpc) is 3.00. The van der Waals surface area contributed by atoms with Crippen LogP contribution in [0.3, 0.4) is 0 Å². The third kappa shape index (κ3) is 2.47. The molecule has 0 radical (unpaired) electrons. The average molecular weight is 386 g/mol. The molecule has 148 valence electrons. The number of Topliss-reactive ketones (excluding diaryl/α,β-unsaturated/α-hetero) is 1. The topological polar surface area (TPSA) is 52.1 Å². The molecule has 4 nitrogen and oxygen atoms in total. The monoisotopic (exact) mass is 386 g/mol. The second-order valence-electron chi connectivity index (χ2n) is 8.40. The molecular weight excluding hydrogens is 362 g/mol. The van der Waals surface area contributed by atoms with Crippen molar-refractivity contribution in [1.82, 2.24) is 10.2 Å². The number of ether oxygens (including phenoxy) is 1. The molecule has 3 atom stereocenters. The van der Waals surface area contributed by atoms with E-state index in [9.17, 15) is 13.6 Å². The predicted octanol–water partition coefficient (Wildman–Crippen LogP) is 4.92. The minimum atomic E-state index is -0.710. The number of hydrogen-bond acceptors (Lipinski definition) is 4. The maximum absolute atomic E-state index is 14.2. The summed E-state index contributed by atoms with van der Waals surface area (Å²) >= 11 is 0. The Labute approximate surface area is 163 Å². The lowest BCUT2D eigenvalue weighted by Gasteiger charge is -2.39. The molecule has 1 fully saturated rings. The number of ketones is 1. The van der Waals surface area contributed by atoms with Crippen LogP contribution in [-0.2, 0) is 15.1 Å². The number of nitrogens with zero attached hydrogens (tertiary/aromatic N) is 2. The van der Waals surface area contributed by atoms with Crippen LogP contribution >= 0.6 is 0 Å². The summed E-state index contributed by atoms with van der Waals surface area (Å²) < 4.78 is 34.9. The molecule has 1 aromatic carbocycles. The number of aromatic nitrogens is 2. The van der Waals surface area contributed by atoms with E-state index in [1.807, 2.05) is 6.92 Å². The highest BCUT2D eigenvalue weighted by molar-refractivity contribution is 5.80. The second-order valence-corrected chi connectivity index (χ2v) is 8.40. The van der Waals surface area contributed by atoms with Crippen LogP contribution in [0.1, 0.15) is 64.1 Å². The minimum absolute atomic E-state index is 0.0115. The van der Waals surface area contributed by atoms with Crippen LogP contribution in [0.5, 0.6) is 0 Å². The molecule has 1 saturated carbocycles. The first kappa shape index (κ1) is 19.1. The van der Waals surface area contributed by atoms with Gasteiger partial charge in [0.2, 0.25) is 0 Å². The first-order valence-electron chi connectivity index (χ1n) is 9.73. The van der Waals surface area contributed by atoms with Crippen LogP contribution in [0.15, 0.2) is 24.3 Å². The van der Waals surface area contributed by atoms with E-state index >= 15 is 0 Å². The summed E-state index contributed by atoms with van der Waals surface area (Å²) in [5.74, 6) is -1.20. The molecule has 6 heteroatoms. The molecule has 1 heterocycles. The second kappa shape index (κ2) is 6.41. The Balaban J connectivity index is 1.84. The van der Waals surface area contributed by atoms with Crippen molar-refractivity contribution in [3.63, 3.8) is 0 Å². The highest BCUT2D eigenvalue weighted by Gasteiger charge is 2.65. The highest BCUT2D eigenvalue weighted by atomic mass is 19.1. The number of carbonyl (C=O) groups is 1. The maximum atomic E-state index is 14.2. The van der Waals surface area contributed by atoms with Crippen molar-refractivity contribution in [2.45, 2.75) is 64.6 Å². The molecule has 2 aliphatic rings. The number of fused-ring (bicyclic) bond motifs is 5. The summed E-state index contributed by atoms with van der Waals surface area (Å²) in [6.07, 6.45) is 1.71. The van der Waals surface area contributed by atoms with Gasteiger partial charge in [0.15, 0.2) is 5.78 Å². The van der Waals surface area contributed by atoms with Gasteiger partial charge in [-0.15, -0.1) is 5.10 Å². The Morgan fingerprint density at radius 1 is 1.29 bits per heavy atom. The van der Waals surface area contributed by atoms with E-state index in [4.69, 9.17) is 4.74 Å². The van der Waals surface area contributed by atoms with Gasteiger partial charge in [-0.1, -0.05) is 26.8 Å². The summed E-state index contributed by atoms with van der Waals surface area (Å²) in [5, 5.41) is 8.55. The Kier molecular flexibility index (Phi) is 4.38. The minimum Gasteiger partial charge on any atom is -0.357 e. The van der Waals surface area contributed by atoms with E-state index in [-0.39, 0.29) is 28.4 Å². The normalized spacial score (nSPS) is 25.6. The molecule has 0 aliphatic heterocycles. The molecule has 2 aliphatic carbocycles. The number of rotatable bonds is 5. The lowest BCUT2D eigenvalue weighted by atomic mass is 9.77. The van der Waals surface area contributed by atoms with Crippen molar-refractivity contribution in [2.75, 3.05) is 0 Å². The van der Waals surface area contributed by atoms with Crippen LogP contribution in [0.2, 0.25) is 0 Å². The number of halogens is 2. The number of benzene rings is 1. The molecule has 0 unspecified atom stereocenters. The number of carbonyl (C=O) groups excluding carboxylic acids is 1. The highest BCUT2D eigenvalue weighted by Crippen LogP contribution is 2.68. The Hall–Kier alpha value is -2.21. The van der Waals surface area contributed by atoms with E-state index in [0.717, 1.165) is 18.4 Å². The summed E-state index contributed by atoms with van der Waals surface area (Å²) in [7, 11) is 0. The van der Waals surface area contributed by atoms with Gasteiger partial charge in [0.1, 0.15) is 23.3 Å². The van der Waals surface area contributed by atoms with Crippen molar-refractivity contribution in [3.05, 3.63) is 47.2 Å². The van der Waals surface area contributed by atoms with Gasteiger partial charge in [-0.3, -0.25) is 4.79 Å². The third-order valence-corrected chi connectivity index (χ3v) is 6.66. The molecule has 1 aromatic heterocycles. The van der Waals surface area contributed by atoms with Crippen molar-refractivity contribution in [1.29, 1.82) is 0 Å². The summed E-state index contributed by atoms with van der Waals surface area (Å²) in [4.78, 5) is 12.0. The molecule has 0 N–H and O–H groups in total. The first-order valence-corrected chi connectivity index (χ1v) is 9.73. The summed E-state index contributed by atoms with van der Waals surface area (Å²) in [6, 6.07) is 5.50. The predicted molar refractivity (Wildman–Crippen MR) is 101 cm³/mol. The molecule has 0 saturated heterocycles. The lowest BCUT2D eigenvalue weighted by Crippen LogP contribution is -2.43. The lowest BCUT2D eigenvalue weighted by molar-refractivity contribution is -0.164. The van der Waals surface area contributed by atoms with Crippen LogP contribution in [0.4, 0.5) is 8.78 Å². The van der Waals surface area contributed by atoms with E-state index in [0.29, 0.717) is 12.1 Å². The SMILES string of the molecule is CC[C@@H](O[C@@]12CC[C@@H](c3cc(-c4c(F)cccc4F)nnc31)C2(C)C)C(C)=O. The zero-order valence-electron chi connectivity index (χ0n) is 16.6. The molecular formula is C22H24F2N2O2. The van der Waals surface area contributed by atoms with Crippen LogP contribution in [-0.4, -0.2) is 22.1 Å². The Morgan fingerprint density at radius 3 is 2.57 bits per heavy atom. The third-order valence-electron chi connectivity index (χ3n) is 6.66. The van der Waals surface area contributed by atoms with E-state index in [1.165, 1.54) is 25.1 Å². The van der Waals surface area contributed by atoms with E-state index < -0.39 is 23.3 Å². The van der Waals surface area contributed by atoms with Gasteiger partial charge in [-0.25, -0.2) is 8.78 Å². The molecule has 2 aromatic rings. The van der Waals surface area contributed by atoms with Gasteiger partial charge in [0.25, 0.3) is 0 Å². The van der Waals surface area contributed by atoms with Gasteiger partial charge >= 0.3 is 0 Å².